The summed E-state index contributed by atoms with van der Waals surface area (Å²) in [6, 6.07) is 12.3. The molecule has 1 amide bonds. The third kappa shape index (κ3) is 4.48. The van der Waals surface area contributed by atoms with E-state index in [1.165, 1.54) is 0 Å². The fourth-order valence-electron chi connectivity index (χ4n) is 4.31. The molecule has 1 saturated heterocycles. The Hall–Kier alpha value is -2.38. The van der Waals surface area contributed by atoms with Crippen molar-refractivity contribution in [1.82, 2.24) is 5.32 Å². The molecule has 2 N–H and O–H groups in total. The Balaban J connectivity index is 1.46. The van der Waals surface area contributed by atoms with Gasteiger partial charge in [-0.25, -0.2) is 8.42 Å². The number of carbonyl (C=O) groups is 1. The quantitative estimate of drug-likeness (QED) is 0.683. The molecule has 2 aromatic rings. The second-order valence-corrected chi connectivity index (χ2v) is 10.4. The molecule has 0 radical (unpaired) electrons. The van der Waals surface area contributed by atoms with Gasteiger partial charge in [-0.05, 0) is 80.5 Å². The Morgan fingerprint density at radius 2 is 1.81 bits per heavy atom. The van der Waals surface area contributed by atoms with Crippen molar-refractivity contribution in [3.05, 3.63) is 59.2 Å². The second kappa shape index (κ2) is 8.63. The average Bonchev–Trinajstić information content (AvgIpc) is 3.22. The molecule has 1 aliphatic heterocycles. The number of carbonyl (C=O) groups excluding carboxylic acids is 1. The van der Waals surface area contributed by atoms with Crippen molar-refractivity contribution in [1.29, 1.82) is 0 Å². The minimum atomic E-state index is -3.67. The summed E-state index contributed by atoms with van der Waals surface area (Å²) in [7, 11) is -3.67. The first-order chi connectivity index (χ1) is 14.8. The number of aryl methyl sites for hydroxylation is 2. The largest absolute Gasteiger partial charge is 0.376 e. The number of amides is 1. The van der Waals surface area contributed by atoms with Crippen LogP contribution in [-0.2, 0) is 25.0 Å². The van der Waals surface area contributed by atoms with E-state index in [1.54, 1.807) is 24.3 Å². The van der Waals surface area contributed by atoms with Crippen LogP contribution in [0.4, 0.5) is 5.69 Å². The van der Waals surface area contributed by atoms with E-state index in [0.29, 0.717) is 12.2 Å². The predicted molar refractivity (Wildman–Crippen MR) is 121 cm³/mol. The van der Waals surface area contributed by atoms with Crippen molar-refractivity contribution in [2.24, 2.45) is 0 Å². The van der Waals surface area contributed by atoms with Crippen molar-refractivity contribution < 1.29 is 17.9 Å². The lowest BCUT2D eigenvalue weighted by atomic mass is 9.63. The Kier molecular flexibility index (Phi) is 6.08. The summed E-state index contributed by atoms with van der Waals surface area (Å²) in [5, 5.41) is 3.07. The van der Waals surface area contributed by atoms with Crippen molar-refractivity contribution in [3.63, 3.8) is 0 Å². The summed E-state index contributed by atoms with van der Waals surface area (Å²) in [6.45, 7) is 5.16. The van der Waals surface area contributed by atoms with Gasteiger partial charge >= 0.3 is 0 Å². The number of ether oxygens (including phenoxy) is 1. The van der Waals surface area contributed by atoms with Gasteiger partial charge in [-0.3, -0.25) is 9.52 Å². The van der Waals surface area contributed by atoms with Crippen molar-refractivity contribution in [2.45, 2.75) is 62.4 Å². The molecule has 2 fully saturated rings. The van der Waals surface area contributed by atoms with Gasteiger partial charge < -0.3 is 10.1 Å². The third-order valence-corrected chi connectivity index (χ3v) is 8.01. The van der Waals surface area contributed by atoms with E-state index in [-0.39, 0.29) is 16.9 Å². The highest BCUT2D eigenvalue weighted by atomic mass is 32.2. The number of sulfonamides is 1. The van der Waals surface area contributed by atoms with E-state index in [1.807, 2.05) is 32.0 Å². The number of rotatable bonds is 7. The lowest BCUT2D eigenvalue weighted by molar-refractivity contribution is -0.130. The van der Waals surface area contributed by atoms with Gasteiger partial charge in [-0.1, -0.05) is 24.6 Å². The standard InChI is InChI=1S/C24H30N2O4S/c1-17-6-11-22(15-18(17)2)31(28,29)26-20-9-7-19(8-10-20)24(12-4-13-24)23(27)25-16-21-5-3-14-30-21/h6-11,15,21,26H,3-5,12-14,16H2,1-2H3,(H,25,27). The van der Waals surface area contributed by atoms with Gasteiger partial charge in [0.15, 0.2) is 0 Å². The first-order valence-corrected chi connectivity index (χ1v) is 12.4. The normalized spacial score (nSPS) is 20.1. The lowest BCUT2D eigenvalue weighted by Gasteiger charge is -2.41. The molecule has 166 valence electrons. The average molecular weight is 443 g/mol. The zero-order chi connectivity index (χ0) is 22.1. The van der Waals surface area contributed by atoms with Crippen LogP contribution in [0.25, 0.3) is 0 Å². The van der Waals surface area contributed by atoms with Crippen molar-refractivity contribution in [3.8, 4) is 0 Å². The summed E-state index contributed by atoms with van der Waals surface area (Å²) in [6.07, 6.45) is 4.77. The van der Waals surface area contributed by atoms with Crippen LogP contribution in [0, 0.1) is 13.8 Å². The Bertz CT molecular complexity index is 1050. The number of nitrogens with one attached hydrogen (secondary N) is 2. The second-order valence-electron chi connectivity index (χ2n) is 8.71. The Morgan fingerprint density at radius 1 is 1.06 bits per heavy atom. The molecule has 31 heavy (non-hydrogen) atoms. The maximum atomic E-state index is 13.0. The topological polar surface area (TPSA) is 84.5 Å². The number of benzene rings is 2. The van der Waals surface area contributed by atoms with Crippen molar-refractivity contribution >= 4 is 21.6 Å². The Morgan fingerprint density at radius 3 is 2.39 bits per heavy atom. The van der Waals surface area contributed by atoms with Gasteiger partial charge in [0.05, 0.1) is 16.4 Å². The highest BCUT2D eigenvalue weighted by molar-refractivity contribution is 7.92. The molecule has 1 unspecified atom stereocenters. The van der Waals surface area contributed by atoms with Crippen LogP contribution in [0.2, 0.25) is 0 Å². The molecular weight excluding hydrogens is 412 g/mol. The first kappa shape index (κ1) is 21.8. The zero-order valence-electron chi connectivity index (χ0n) is 18.1. The maximum absolute atomic E-state index is 13.0. The van der Waals surface area contributed by atoms with Crippen LogP contribution < -0.4 is 10.0 Å². The maximum Gasteiger partial charge on any atom is 0.261 e. The zero-order valence-corrected chi connectivity index (χ0v) is 18.9. The Labute approximate surface area is 184 Å². The molecule has 2 aliphatic rings. The number of anilines is 1. The van der Waals surface area contributed by atoms with Crippen LogP contribution in [-0.4, -0.2) is 33.6 Å². The van der Waals surface area contributed by atoms with Gasteiger partial charge in [0.25, 0.3) is 10.0 Å². The van der Waals surface area contributed by atoms with E-state index in [2.05, 4.69) is 10.0 Å². The van der Waals surface area contributed by atoms with E-state index in [9.17, 15) is 13.2 Å². The van der Waals surface area contributed by atoms with Gasteiger partial charge in [0.1, 0.15) is 0 Å². The molecule has 1 atom stereocenters. The van der Waals surface area contributed by atoms with E-state index in [4.69, 9.17) is 4.74 Å². The van der Waals surface area contributed by atoms with Crippen LogP contribution in [0.1, 0.15) is 48.8 Å². The van der Waals surface area contributed by atoms with Crippen LogP contribution in [0.3, 0.4) is 0 Å². The highest BCUT2D eigenvalue weighted by Gasteiger charge is 2.45. The molecule has 0 bridgehead atoms. The molecule has 4 rings (SSSR count). The smallest absolute Gasteiger partial charge is 0.261 e. The van der Waals surface area contributed by atoms with Crippen LogP contribution in [0.15, 0.2) is 47.4 Å². The minimum absolute atomic E-state index is 0.0395. The van der Waals surface area contributed by atoms with Gasteiger partial charge in [0.2, 0.25) is 5.91 Å². The monoisotopic (exact) mass is 442 g/mol. The molecule has 1 aliphatic carbocycles. The highest BCUT2D eigenvalue weighted by Crippen LogP contribution is 2.44. The van der Waals surface area contributed by atoms with E-state index < -0.39 is 15.4 Å². The fourth-order valence-corrected chi connectivity index (χ4v) is 5.45. The summed E-state index contributed by atoms with van der Waals surface area (Å²) in [4.78, 5) is 13.2. The molecule has 1 heterocycles. The SMILES string of the molecule is Cc1ccc(S(=O)(=O)Nc2ccc(C3(C(=O)NCC4CCCO4)CCC3)cc2)cc1C. The van der Waals surface area contributed by atoms with E-state index in [0.717, 1.165) is 55.4 Å². The molecule has 6 nitrogen and oxygen atoms in total. The number of hydrogen-bond donors (Lipinski definition) is 2. The summed E-state index contributed by atoms with van der Waals surface area (Å²) >= 11 is 0. The summed E-state index contributed by atoms with van der Waals surface area (Å²) in [5.41, 5.74) is 2.87. The minimum Gasteiger partial charge on any atom is -0.376 e. The lowest BCUT2D eigenvalue weighted by Crippen LogP contribution is -2.50. The predicted octanol–water partition coefficient (Wildman–Crippen LogP) is 3.82. The van der Waals surface area contributed by atoms with Crippen LogP contribution in [0.5, 0.6) is 0 Å². The molecule has 7 heteroatoms. The molecule has 0 spiro atoms. The molecule has 1 saturated carbocycles. The summed E-state index contributed by atoms with van der Waals surface area (Å²) < 4.78 is 33.7. The summed E-state index contributed by atoms with van der Waals surface area (Å²) in [5.74, 6) is 0.0395. The molecular formula is C24H30N2O4S. The molecule has 0 aromatic heterocycles. The van der Waals surface area contributed by atoms with Gasteiger partial charge in [-0.2, -0.15) is 0 Å². The van der Waals surface area contributed by atoms with Crippen molar-refractivity contribution in [2.75, 3.05) is 17.9 Å². The number of hydrogen-bond acceptors (Lipinski definition) is 4. The van der Waals surface area contributed by atoms with E-state index >= 15 is 0 Å². The molecule has 2 aromatic carbocycles. The fraction of sp³-hybridized carbons (Fsp3) is 0.458. The van der Waals surface area contributed by atoms with Crippen LogP contribution >= 0.6 is 0 Å². The third-order valence-electron chi connectivity index (χ3n) is 6.63. The van der Waals surface area contributed by atoms with Gasteiger partial charge in [-0.15, -0.1) is 0 Å². The first-order valence-electron chi connectivity index (χ1n) is 10.9. The van der Waals surface area contributed by atoms with Gasteiger partial charge in [0, 0.05) is 18.8 Å².